The summed E-state index contributed by atoms with van der Waals surface area (Å²) in [5, 5.41) is 10.4. The van der Waals surface area contributed by atoms with Gasteiger partial charge in [0.15, 0.2) is 0 Å². The second-order valence-corrected chi connectivity index (χ2v) is 5.37. The first-order chi connectivity index (χ1) is 9.63. The van der Waals surface area contributed by atoms with E-state index in [0.29, 0.717) is 17.9 Å². The van der Waals surface area contributed by atoms with Gasteiger partial charge in [-0.25, -0.2) is 0 Å². The molecule has 3 nitrogen and oxygen atoms in total. The molecule has 0 aliphatic carbocycles. The summed E-state index contributed by atoms with van der Waals surface area (Å²) < 4.78 is 11.5. The summed E-state index contributed by atoms with van der Waals surface area (Å²) in [5.41, 5.74) is 1.78. The first-order valence-electron chi connectivity index (χ1n) is 6.28. The first-order valence-corrected chi connectivity index (χ1v) is 7.07. The lowest BCUT2D eigenvalue weighted by Crippen LogP contribution is -2.04. The Balaban J connectivity index is 2.25. The molecule has 0 amide bonds. The molecule has 0 aliphatic rings. The van der Waals surface area contributed by atoms with Crippen molar-refractivity contribution >= 4 is 15.9 Å². The SMILES string of the molecule is COc1ccc(OC)c(C(O)Cc2cccc(Br)c2)c1. The van der Waals surface area contributed by atoms with Gasteiger partial charge in [-0.05, 0) is 35.9 Å². The lowest BCUT2D eigenvalue weighted by atomic mass is 10.0. The minimum Gasteiger partial charge on any atom is -0.497 e. The Morgan fingerprint density at radius 2 is 1.90 bits per heavy atom. The van der Waals surface area contributed by atoms with Crippen molar-refractivity contribution in [3.05, 3.63) is 58.1 Å². The predicted octanol–water partition coefficient (Wildman–Crippen LogP) is 3.74. The standard InChI is InChI=1S/C16H17BrO3/c1-19-13-6-7-16(20-2)14(10-13)15(18)9-11-4-3-5-12(17)8-11/h3-8,10,15,18H,9H2,1-2H3. The second-order valence-electron chi connectivity index (χ2n) is 4.46. The zero-order chi connectivity index (χ0) is 14.5. The van der Waals surface area contributed by atoms with E-state index in [4.69, 9.17) is 9.47 Å². The normalized spacial score (nSPS) is 12.0. The molecule has 4 heteroatoms. The van der Waals surface area contributed by atoms with Gasteiger partial charge in [0.1, 0.15) is 11.5 Å². The fourth-order valence-electron chi connectivity index (χ4n) is 2.10. The van der Waals surface area contributed by atoms with Gasteiger partial charge < -0.3 is 14.6 Å². The maximum absolute atomic E-state index is 10.4. The van der Waals surface area contributed by atoms with Crippen LogP contribution in [0.1, 0.15) is 17.2 Å². The van der Waals surface area contributed by atoms with E-state index in [1.165, 1.54) is 0 Å². The highest BCUT2D eigenvalue weighted by atomic mass is 79.9. The molecule has 1 atom stereocenters. The molecule has 20 heavy (non-hydrogen) atoms. The number of aliphatic hydroxyl groups is 1. The van der Waals surface area contributed by atoms with Gasteiger partial charge in [-0.1, -0.05) is 28.1 Å². The van der Waals surface area contributed by atoms with Crippen molar-refractivity contribution in [1.29, 1.82) is 0 Å². The number of hydrogen-bond donors (Lipinski definition) is 1. The van der Waals surface area contributed by atoms with Gasteiger partial charge in [0, 0.05) is 16.5 Å². The fraction of sp³-hybridized carbons (Fsp3) is 0.250. The topological polar surface area (TPSA) is 38.7 Å². The van der Waals surface area contributed by atoms with Crippen molar-refractivity contribution in [3.63, 3.8) is 0 Å². The highest BCUT2D eigenvalue weighted by molar-refractivity contribution is 9.10. The third kappa shape index (κ3) is 3.52. The zero-order valence-electron chi connectivity index (χ0n) is 11.5. The zero-order valence-corrected chi connectivity index (χ0v) is 13.1. The molecule has 1 N–H and O–H groups in total. The lowest BCUT2D eigenvalue weighted by molar-refractivity contribution is 0.173. The molecular weight excluding hydrogens is 320 g/mol. The van der Waals surface area contributed by atoms with Crippen LogP contribution in [0.4, 0.5) is 0 Å². The fourth-order valence-corrected chi connectivity index (χ4v) is 2.54. The maximum Gasteiger partial charge on any atom is 0.124 e. The molecule has 1 unspecified atom stereocenters. The molecule has 106 valence electrons. The van der Waals surface area contributed by atoms with E-state index >= 15 is 0 Å². The number of aliphatic hydroxyl groups excluding tert-OH is 1. The molecule has 2 rings (SSSR count). The van der Waals surface area contributed by atoms with Crippen molar-refractivity contribution in [2.75, 3.05) is 14.2 Å². The van der Waals surface area contributed by atoms with Crippen LogP contribution in [0.15, 0.2) is 46.9 Å². The number of ether oxygens (including phenoxy) is 2. The highest BCUT2D eigenvalue weighted by Crippen LogP contribution is 2.31. The predicted molar refractivity (Wildman–Crippen MR) is 82.4 cm³/mol. The molecular formula is C16H17BrO3. The smallest absolute Gasteiger partial charge is 0.124 e. The van der Waals surface area contributed by atoms with Crippen molar-refractivity contribution < 1.29 is 14.6 Å². The Morgan fingerprint density at radius 3 is 2.55 bits per heavy atom. The van der Waals surface area contributed by atoms with E-state index in [0.717, 1.165) is 15.6 Å². The Kier molecular flexibility index (Phi) is 5.04. The van der Waals surface area contributed by atoms with E-state index in [-0.39, 0.29) is 0 Å². The van der Waals surface area contributed by atoms with Crippen LogP contribution >= 0.6 is 15.9 Å². The number of halogens is 1. The van der Waals surface area contributed by atoms with E-state index < -0.39 is 6.10 Å². The highest BCUT2D eigenvalue weighted by Gasteiger charge is 2.15. The van der Waals surface area contributed by atoms with Crippen molar-refractivity contribution in [1.82, 2.24) is 0 Å². The van der Waals surface area contributed by atoms with Crippen LogP contribution in [0, 0.1) is 0 Å². The summed E-state index contributed by atoms with van der Waals surface area (Å²) >= 11 is 3.43. The maximum atomic E-state index is 10.4. The quantitative estimate of drug-likeness (QED) is 0.903. The van der Waals surface area contributed by atoms with E-state index in [1.54, 1.807) is 20.3 Å². The van der Waals surface area contributed by atoms with E-state index in [1.807, 2.05) is 36.4 Å². The van der Waals surface area contributed by atoms with Crippen LogP contribution in [0.25, 0.3) is 0 Å². The molecule has 0 radical (unpaired) electrons. The molecule has 0 aromatic heterocycles. The van der Waals surface area contributed by atoms with Gasteiger partial charge in [0.05, 0.1) is 20.3 Å². The van der Waals surface area contributed by atoms with Crippen LogP contribution < -0.4 is 9.47 Å². The summed E-state index contributed by atoms with van der Waals surface area (Å²) in [6.45, 7) is 0. The van der Waals surface area contributed by atoms with Gasteiger partial charge in [-0.3, -0.25) is 0 Å². The van der Waals surface area contributed by atoms with Crippen LogP contribution in [0.3, 0.4) is 0 Å². The van der Waals surface area contributed by atoms with Crippen LogP contribution in [-0.4, -0.2) is 19.3 Å². The summed E-state index contributed by atoms with van der Waals surface area (Å²) in [6.07, 6.45) is -0.127. The summed E-state index contributed by atoms with van der Waals surface area (Å²) in [4.78, 5) is 0. The molecule has 0 saturated heterocycles. The van der Waals surface area contributed by atoms with Gasteiger partial charge in [0.25, 0.3) is 0 Å². The van der Waals surface area contributed by atoms with Crippen molar-refractivity contribution in [3.8, 4) is 11.5 Å². The first kappa shape index (κ1) is 14.9. The molecule has 2 aromatic carbocycles. The molecule has 0 spiro atoms. The van der Waals surface area contributed by atoms with Gasteiger partial charge in [-0.2, -0.15) is 0 Å². The Labute approximate surface area is 127 Å². The Morgan fingerprint density at radius 1 is 1.10 bits per heavy atom. The number of rotatable bonds is 5. The summed E-state index contributed by atoms with van der Waals surface area (Å²) in [5.74, 6) is 1.36. The van der Waals surface area contributed by atoms with Gasteiger partial charge >= 0.3 is 0 Å². The molecule has 0 fully saturated rings. The van der Waals surface area contributed by atoms with Crippen LogP contribution in [-0.2, 0) is 6.42 Å². The average molecular weight is 337 g/mol. The average Bonchev–Trinajstić information content (AvgIpc) is 2.46. The Hall–Kier alpha value is -1.52. The summed E-state index contributed by atoms with van der Waals surface area (Å²) in [7, 11) is 3.20. The largest absolute Gasteiger partial charge is 0.497 e. The molecule has 0 aliphatic heterocycles. The monoisotopic (exact) mass is 336 g/mol. The minimum atomic E-state index is -0.644. The molecule has 0 heterocycles. The number of hydrogen-bond acceptors (Lipinski definition) is 3. The van der Waals surface area contributed by atoms with Crippen molar-refractivity contribution in [2.24, 2.45) is 0 Å². The van der Waals surface area contributed by atoms with E-state index in [9.17, 15) is 5.11 Å². The number of benzene rings is 2. The lowest BCUT2D eigenvalue weighted by Gasteiger charge is -2.16. The molecule has 0 saturated carbocycles. The number of methoxy groups -OCH3 is 2. The van der Waals surface area contributed by atoms with Crippen molar-refractivity contribution in [2.45, 2.75) is 12.5 Å². The molecule has 2 aromatic rings. The molecule has 0 bridgehead atoms. The summed E-state index contributed by atoms with van der Waals surface area (Å²) in [6, 6.07) is 13.3. The second kappa shape index (κ2) is 6.77. The minimum absolute atomic E-state index is 0.517. The third-order valence-electron chi connectivity index (χ3n) is 3.11. The van der Waals surface area contributed by atoms with E-state index in [2.05, 4.69) is 15.9 Å². The van der Waals surface area contributed by atoms with Gasteiger partial charge in [-0.15, -0.1) is 0 Å². The van der Waals surface area contributed by atoms with Crippen LogP contribution in [0.5, 0.6) is 11.5 Å². The third-order valence-corrected chi connectivity index (χ3v) is 3.61. The van der Waals surface area contributed by atoms with Crippen LogP contribution in [0.2, 0.25) is 0 Å². The Bertz CT molecular complexity index is 584. The van der Waals surface area contributed by atoms with Gasteiger partial charge in [0.2, 0.25) is 0 Å².